The van der Waals surface area contributed by atoms with E-state index in [9.17, 15) is 9.59 Å². The molecule has 19 heavy (non-hydrogen) atoms. The molecular weight excluding hydrogens is 306 g/mol. The Morgan fingerprint density at radius 3 is 2.74 bits per heavy atom. The number of aromatic nitrogens is 1. The molecule has 0 spiro atoms. The van der Waals surface area contributed by atoms with E-state index in [0.717, 1.165) is 5.69 Å². The molecule has 6 nitrogen and oxygen atoms in total. The van der Waals surface area contributed by atoms with Crippen molar-refractivity contribution < 1.29 is 14.3 Å². The van der Waals surface area contributed by atoms with Crippen molar-refractivity contribution in [2.75, 3.05) is 12.9 Å². The Hall–Kier alpha value is -1.19. The van der Waals surface area contributed by atoms with Crippen molar-refractivity contribution in [2.24, 2.45) is 12.1 Å². The molecule has 1 amide bonds. The number of hydrazone groups is 1. The Kier molecular flexibility index (Phi) is 4.07. The van der Waals surface area contributed by atoms with Crippen LogP contribution in [0.1, 0.15) is 15.4 Å². The lowest BCUT2D eigenvalue weighted by atomic mass is 10.4. The van der Waals surface area contributed by atoms with Gasteiger partial charge in [-0.05, 0) is 19.1 Å². The minimum atomic E-state index is -0.349. The fraction of sp³-hybridized carbons (Fsp3) is 0.400. The zero-order valence-corrected chi connectivity index (χ0v) is 12.9. The Bertz CT molecular complexity index is 632. The molecular formula is C10H11N3O3S3. The maximum absolute atomic E-state index is 12.2. The van der Waals surface area contributed by atoms with E-state index in [4.69, 9.17) is 12.2 Å². The van der Waals surface area contributed by atoms with Gasteiger partial charge in [-0.3, -0.25) is 9.59 Å². The first-order chi connectivity index (χ1) is 8.95. The SMILES string of the molecule is COC(=O)CSC1=NN1C(=O)c1sc(=S)n(C)c1C. The van der Waals surface area contributed by atoms with Gasteiger partial charge < -0.3 is 9.30 Å². The second kappa shape index (κ2) is 5.43. The van der Waals surface area contributed by atoms with E-state index in [0.29, 0.717) is 14.0 Å². The van der Waals surface area contributed by atoms with Crippen molar-refractivity contribution in [3.63, 3.8) is 0 Å². The van der Waals surface area contributed by atoms with E-state index in [1.165, 1.54) is 35.2 Å². The molecule has 0 radical (unpaired) electrons. The number of thiazole rings is 1. The quantitative estimate of drug-likeness (QED) is 0.628. The van der Waals surface area contributed by atoms with Crippen LogP contribution in [0.3, 0.4) is 0 Å². The van der Waals surface area contributed by atoms with Crippen LogP contribution in [-0.4, -0.2) is 39.5 Å². The maximum Gasteiger partial charge on any atom is 0.316 e. The van der Waals surface area contributed by atoms with Gasteiger partial charge in [-0.15, -0.1) is 5.10 Å². The standard InChI is InChI=1S/C10H11N3O3S3/c1-5-7(19-10(17)12(5)2)8(15)13-9(11-13)18-4-6(14)16-3/h4H2,1-3H3. The van der Waals surface area contributed by atoms with Crippen LogP contribution in [0.25, 0.3) is 0 Å². The van der Waals surface area contributed by atoms with Crippen molar-refractivity contribution in [3.05, 3.63) is 14.5 Å². The van der Waals surface area contributed by atoms with Gasteiger partial charge in [0.05, 0.1) is 12.9 Å². The molecule has 1 aliphatic rings. The normalized spacial score (nSPS) is 13.2. The van der Waals surface area contributed by atoms with Crippen molar-refractivity contribution in [2.45, 2.75) is 6.92 Å². The predicted molar refractivity (Wildman–Crippen MR) is 76.9 cm³/mol. The van der Waals surface area contributed by atoms with Crippen molar-refractivity contribution in [3.8, 4) is 0 Å². The molecule has 0 atom stereocenters. The minimum Gasteiger partial charge on any atom is -0.468 e. The van der Waals surface area contributed by atoms with Gasteiger partial charge in [-0.1, -0.05) is 23.1 Å². The molecule has 102 valence electrons. The molecule has 0 N–H and O–H groups in total. The summed E-state index contributed by atoms with van der Waals surface area (Å²) in [5.74, 6) is -0.414. The largest absolute Gasteiger partial charge is 0.468 e. The molecule has 0 fully saturated rings. The molecule has 0 unspecified atom stereocenters. The first-order valence-corrected chi connectivity index (χ1v) is 7.45. The second-order valence-corrected chi connectivity index (χ2v) is 6.29. The van der Waals surface area contributed by atoms with Gasteiger partial charge in [-0.2, -0.15) is 5.01 Å². The summed E-state index contributed by atoms with van der Waals surface area (Å²) in [6.45, 7) is 1.84. The summed E-state index contributed by atoms with van der Waals surface area (Å²) in [4.78, 5) is 23.7. The van der Waals surface area contributed by atoms with Crippen LogP contribution < -0.4 is 0 Å². The average Bonchev–Trinajstić information content (AvgIpc) is 3.13. The zero-order valence-electron chi connectivity index (χ0n) is 10.5. The molecule has 9 heteroatoms. The Morgan fingerprint density at radius 1 is 1.53 bits per heavy atom. The van der Waals surface area contributed by atoms with Crippen molar-refractivity contribution in [1.29, 1.82) is 0 Å². The average molecular weight is 317 g/mol. The summed E-state index contributed by atoms with van der Waals surface area (Å²) in [5.41, 5.74) is 0.819. The molecule has 0 saturated carbocycles. The first-order valence-electron chi connectivity index (χ1n) is 5.24. The lowest BCUT2D eigenvalue weighted by Gasteiger charge is -2.00. The lowest BCUT2D eigenvalue weighted by Crippen LogP contribution is -2.16. The number of amidine groups is 1. The zero-order chi connectivity index (χ0) is 14.2. The summed E-state index contributed by atoms with van der Waals surface area (Å²) >= 11 is 7.56. The third-order valence-electron chi connectivity index (χ3n) is 2.56. The Balaban J connectivity index is 1.99. The topological polar surface area (TPSA) is 63.7 Å². The summed E-state index contributed by atoms with van der Waals surface area (Å²) in [6.07, 6.45) is 0. The first kappa shape index (κ1) is 14.2. The minimum absolute atomic E-state index is 0.141. The van der Waals surface area contributed by atoms with Gasteiger partial charge in [0, 0.05) is 12.7 Å². The van der Waals surface area contributed by atoms with Crippen LogP contribution in [0, 0.1) is 10.9 Å². The molecule has 0 saturated heterocycles. The summed E-state index contributed by atoms with van der Waals surface area (Å²) in [7, 11) is 3.14. The fourth-order valence-electron chi connectivity index (χ4n) is 1.28. The van der Waals surface area contributed by atoms with Crippen LogP contribution in [0.2, 0.25) is 0 Å². The van der Waals surface area contributed by atoms with Gasteiger partial charge in [0.1, 0.15) is 4.88 Å². The van der Waals surface area contributed by atoms with Crippen molar-refractivity contribution >= 4 is 52.4 Å². The Morgan fingerprint density at radius 2 is 2.21 bits per heavy atom. The van der Waals surface area contributed by atoms with Gasteiger partial charge in [-0.25, -0.2) is 0 Å². The number of rotatable bonds is 3. The third kappa shape index (κ3) is 2.88. The molecule has 0 bridgehead atoms. The van der Waals surface area contributed by atoms with Crippen LogP contribution in [0.5, 0.6) is 0 Å². The van der Waals surface area contributed by atoms with Crippen LogP contribution in [-0.2, 0) is 16.6 Å². The van der Waals surface area contributed by atoms with Gasteiger partial charge >= 0.3 is 5.97 Å². The number of hydrogen-bond acceptors (Lipinski definition) is 7. The van der Waals surface area contributed by atoms with Crippen molar-refractivity contribution in [1.82, 2.24) is 9.58 Å². The number of methoxy groups -OCH3 is 1. The summed E-state index contributed by atoms with van der Waals surface area (Å²) < 4.78 is 6.95. The van der Waals surface area contributed by atoms with Crippen LogP contribution in [0.4, 0.5) is 0 Å². The molecule has 1 aromatic heterocycles. The van der Waals surface area contributed by atoms with Crippen LogP contribution in [0.15, 0.2) is 5.10 Å². The van der Waals surface area contributed by atoms with E-state index < -0.39 is 0 Å². The van der Waals surface area contributed by atoms with Gasteiger partial charge in [0.15, 0.2) is 3.95 Å². The molecule has 1 aromatic rings. The fourth-order valence-corrected chi connectivity index (χ4v) is 3.28. The lowest BCUT2D eigenvalue weighted by molar-refractivity contribution is -0.137. The number of carbonyl (C=O) groups excluding carboxylic acids is 2. The highest BCUT2D eigenvalue weighted by Gasteiger charge is 2.35. The number of thioether (sulfide) groups is 1. The second-order valence-electron chi connectivity index (χ2n) is 3.71. The monoisotopic (exact) mass is 317 g/mol. The predicted octanol–water partition coefficient (Wildman–Crippen LogP) is 1.76. The molecule has 0 aromatic carbocycles. The highest BCUT2D eigenvalue weighted by Crippen LogP contribution is 2.28. The van der Waals surface area contributed by atoms with E-state index in [1.54, 1.807) is 4.57 Å². The summed E-state index contributed by atoms with van der Waals surface area (Å²) in [5, 5.41) is 5.74. The van der Waals surface area contributed by atoms with Gasteiger partial charge in [0.2, 0.25) is 5.17 Å². The number of carbonyl (C=O) groups is 2. The molecule has 2 rings (SSSR count). The highest BCUT2D eigenvalue weighted by atomic mass is 32.2. The Labute approximate surface area is 123 Å². The number of nitrogens with zero attached hydrogens (tertiary/aromatic N) is 3. The molecule has 0 aliphatic carbocycles. The smallest absolute Gasteiger partial charge is 0.316 e. The van der Waals surface area contributed by atoms with E-state index in [2.05, 4.69) is 9.84 Å². The molecule has 1 aliphatic heterocycles. The van der Waals surface area contributed by atoms with E-state index in [1.807, 2.05) is 14.0 Å². The highest BCUT2D eigenvalue weighted by molar-refractivity contribution is 8.14. The van der Waals surface area contributed by atoms with Crippen LogP contribution >= 0.6 is 35.3 Å². The number of esters is 1. The third-order valence-corrected chi connectivity index (χ3v) is 5.09. The maximum atomic E-state index is 12.2. The van der Waals surface area contributed by atoms with E-state index >= 15 is 0 Å². The number of ether oxygens (including phenoxy) is 1. The van der Waals surface area contributed by atoms with Gasteiger partial charge in [0.25, 0.3) is 5.91 Å². The number of amides is 1. The summed E-state index contributed by atoms with van der Waals surface area (Å²) in [6, 6.07) is 0. The van der Waals surface area contributed by atoms with E-state index in [-0.39, 0.29) is 17.6 Å². The number of hydrogen-bond donors (Lipinski definition) is 0. The molecule has 2 heterocycles.